The Balaban J connectivity index is 1.80. The third-order valence-corrected chi connectivity index (χ3v) is 3.47. The van der Waals surface area contributed by atoms with Gasteiger partial charge in [0.25, 0.3) is 0 Å². The Hall–Kier alpha value is -2.73. The minimum Gasteiger partial charge on any atom is -0.366 e. The largest absolute Gasteiger partial charge is 0.366 e. The highest BCUT2D eigenvalue weighted by Crippen LogP contribution is 2.10. The van der Waals surface area contributed by atoms with Crippen LogP contribution in [0.5, 0.6) is 0 Å². The van der Waals surface area contributed by atoms with Gasteiger partial charge in [-0.3, -0.25) is 0 Å². The first-order valence-electron chi connectivity index (χ1n) is 8.34. The Kier molecular flexibility index (Phi) is 7.76. The Morgan fingerprint density at radius 1 is 1.31 bits per heavy atom. The Bertz CT molecular complexity index is 734. The molecule has 2 N–H and O–H groups in total. The van der Waals surface area contributed by atoms with E-state index in [9.17, 15) is 8.78 Å². The molecule has 1 aromatic carbocycles. The van der Waals surface area contributed by atoms with Crippen LogP contribution in [0.3, 0.4) is 0 Å². The molecule has 1 atom stereocenters. The quantitative estimate of drug-likeness (QED) is 0.687. The van der Waals surface area contributed by atoms with Crippen molar-refractivity contribution in [1.29, 1.82) is 0 Å². The van der Waals surface area contributed by atoms with Crippen LogP contribution in [0.4, 0.5) is 8.78 Å². The van der Waals surface area contributed by atoms with Gasteiger partial charge in [-0.1, -0.05) is 48.1 Å². The molecular weight excluding hydrogens is 336 g/mol. The second kappa shape index (κ2) is 10.3. The molecule has 2 rings (SSSR count). The molecule has 0 saturated carbocycles. The molecule has 1 aliphatic heterocycles. The summed E-state index contributed by atoms with van der Waals surface area (Å²) in [5, 5.41) is 5.79. The van der Waals surface area contributed by atoms with Gasteiger partial charge in [0.05, 0.1) is 12.8 Å². The summed E-state index contributed by atoms with van der Waals surface area (Å²) in [6, 6.07) is 5.99. The number of nitrogens with zero attached hydrogens (tertiary/aromatic N) is 1. The van der Waals surface area contributed by atoms with Gasteiger partial charge in [0, 0.05) is 6.54 Å². The van der Waals surface area contributed by atoms with Gasteiger partial charge >= 0.3 is 0 Å². The van der Waals surface area contributed by atoms with E-state index in [-0.39, 0.29) is 18.2 Å². The summed E-state index contributed by atoms with van der Waals surface area (Å²) in [6.07, 6.45) is 10.1. The average Bonchev–Trinajstić information content (AvgIpc) is 2.63. The van der Waals surface area contributed by atoms with Crippen LogP contribution in [0.2, 0.25) is 0 Å². The van der Waals surface area contributed by atoms with Crippen LogP contribution in [-0.4, -0.2) is 19.1 Å². The van der Waals surface area contributed by atoms with Crippen molar-refractivity contribution >= 4 is 6.21 Å². The van der Waals surface area contributed by atoms with Crippen LogP contribution in [0.25, 0.3) is 0 Å². The van der Waals surface area contributed by atoms with Crippen molar-refractivity contribution in [2.24, 2.45) is 4.99 Å². The molecule has 0 radical (unpaired) electrons. The molecule has 0 amide bonds. The first-order valence-corrected chi connectivity index (χ1v) is 8.34. The van der Waals surface area contributed by atoms with E-state index < -0.39 is 12.2 Å². The highest BCUT2D eigenvalue weighted by Gasteiger charge is 2.16. The maximum Gasteiger partial charge on any atom is 0.227 e. The van der Waals surface area contributed by atoms with E-state index in [1.165, 1.54) is 12.1 Å². The maximum atomic E-state index is 13.8. The first kappa shape index (κ1) is 19.6. The summed E-state index contributed by atoms with van der Waals surface area (Å²) in [5.74, 6) is -0.563. The fraction of sp³-hybridized carbons (Fsp3) is 0.250. The number of rotatable bonds is 8. The van der Waals surface area contributed by atoms with Crippen LogP contribution in [0, 0.1) is 5.82 Å². The van der Waals surface area contributed by atoms with Crippen molar-refractivity contribution in [2.45, 2.75) is 26.8 Å². The zero-order chi connectivity index (χ0) is 18.8. The monoisotopic (exact) mass is 359 g/mol. The number of aliphatic imine (C=N–C) groups is 1. The van der Waals surface area contributed by atoms with Gasteiger partial charge in [0.2, 0.25) is 6.35 Å². The van der Waals surface area contributed by atoms with Gasteiger partial charge in [-0.25, -0.2) is 13.8 Å². The molecule has 4 nitrogen and oxygen atoms in total. The van der Waals surface area contributed by atoms with E-state index in [4.69, 9.17) is 4.74 Å². The van der Waals surface area contributed by atoms with Crippen molar-refractivity contribution in [3.05, 3.63) is 83.2 Å². The second-order valence-electron chi connectivity index (χ2n) is 5.66. The minimum atomic E-state index is -0.706. The van der Waals surface area contributed by atoms with Gasteiger partial charge in [-0.05, 0) is 31.5 Å². The number of benzene rings is 1. The first-order chi connectivity index (χ1) is 12.6. The van der Waals surface area contributed by atoms with Crippen molar-refractivity contribution < 1.29 is 13.5 Å². The fourth-order valence-corrected chi connectivity index (χ4v) is 2.17. The predicted molar refractivity (Wildman–Crippen MR) is 100 cm³/mol. The molecule has 0 aliphatic carbocycles. The van der Waals surface area contributed by atoms with E-state index >= 15 is 0 Å². The maximum absolute atomic E-state index is 13.8. The molecule has 0 spiro atoms. The lowest BCUT2D eigenvalue weighted by Gasteiger charge is -2.22. The molecule has 0 bridgehead atoms. The molecule has 1 aliphatic rings. The van der Waals surface area contributed by atoms with Crippen LogP contribution < -0.4 is 10.6 Å². The predicted octanol–water partition coefficient (Wildman–Crippen LogP) is 4.11. The van der Waals surface area contributed by atoms with Crippen molar-refractivity contribution in [3.63, 3.8) is 0 Å². The lowest BCUT2D eigenvalue weighted by molar-refractivity contribution is 0.0277. The zero-order valence-corrected chi connectivity index (χ0v) is 14.9. The van der Waals surface area contributed by atoms with Crippen molar-refractivity contribution in [2.75, 3.05) is 6.54 Å². The topological polar surface area (TPSA) is 45.7 Å². The van der Waals surface area contributed by atoms with Gasteiger partial charge in [-0.15, -0.1) is 0 Å². The van der Waals surface area contributed by atoms with Crippen molar-refractivity contribution in [3.8, 4) is 0 Å². The Labute approximate surface area is 152 Å². The minimum absolute atomic E-state index is 0.225. The normalized spacial score (nSPS) is 18.0. The number of nitrogens with one attached hydrogen (secondary N) is 2. The lowest BCUT2D eigenvalue weighted by atomic mass is 10.2. The van der Waals surface area contributed by atoms with Gasteiger partial charge in [0.1, 0.15) is 11.6 Å². The molecular formula is C20H23F2N3O. The molecule has 1 heterocycles. The summed E-state index contributed by atoms with van der Waals surface area (Å²) in [4.78, 5) is 3.94. The van der Waals surface area contributed by atoms with Crippen molar-refractivity contribution in [1.82, 2.24) is 10.6 Å². The zero-order valence-electron chi connectivity index (χ0n) is 14.9. The molecule has 0 aromatic heterocycles. The molecule has 0 fully saturated rings. The second-order valence-corrected chi connectivity index (χ2v) is 5.66. The van der Waals surface area contributed by atoms with E-state index in [0.29, 0.717) is 6.54 Å². The van der Waals surface area contributed by atoms with E-state index in [1.807, 2.05) is 44.2 Å². The van der Waals surface area contributed by atoms with E-state index in [2.05, 4.69) is 15.6 Å². The number of hydrogen-bond acceptors (Lipinski definition) is 4. The highest BCUT2D eigenvalue weighted by atomic mass is 19.1. The van der Waals surface area contributed by atoms with Gasteiger partial charge in [0.15, 0.2) is 5.83 Å². The van der Waals surface area contributed by atoms with Crippen LogP contribution >= 0.6 is 0 Å². The molecule has 1 aromatic rings. The SMILES string of the molecule is C\C=C/C(C)=C\C=C\CNC1=C(F)C=NC(OCc2ccc(F)cc2)N1. The number of ether oxygens (including phenoxy) is 1. The number of halogens is 2. The molecule has 6 heteroatoms. The number of hydrogen-bond donors (Lipinski definition) is 2. The van der Waals surface area contributed by atoms with Crippen LogP contribution in [0.15, 0.2) is 76.9 Å². The third-order valence-electron chi connectivity index (χ3n) is 3.47. The highest BCUT2D eigenvalue weighted by molar-refractivity contribution is 5.77. The Morgan fingerprint density at radius 2 is 2.08 bits per heavy atom. The molecule has 0 saturated heterocycles. The average molecular weight is 359 g/mol. The van der Waals surface area contributed by atoms with Crippen LogP contribution in [0.1, 0.15) is 19.4 Å². The molecule has 26 heavy (non-hydrogen) atoms. The Morgan fingerprint density at radius 3 is 2.81 bits per heavy atom. The van der Waals surface area contributed by atoms with E-state index in [1.54, 1.807) is 12.1 Å². The summed E-state index contributed by atoms with van der Waals surface area (Å²) in [6.45, 7) is 4.65. The summed E-state index contributed by atoms with van der Waals surface area (Å²) in [5.41, 5.74) is 1.94. The summed E-state index contributed by atoms with van der Waals surface area (Å²) < 4.78 is 32.3. The van der Waals surface area contributed by atoms with Crippen LogP contribution in [-0.2, 0) is 11.3 Å². The van der Waals surface area contributed by atoms with E-state index in [0.717, 1.165) is 17.4 Å². The summed E-state index contributed by atoms with van der Waals surface area (Å²) in [7, 11) is 0. The molecule has 138 valence electrons. The number of allylic oxidation sites excluding steroid dienone is 6. The van der Waals surface area contributed by atoms with Gasteiger partial charge < -0.3 is 15.4 Å². The standard InChI is InChI=1S/C20H23F2N3O/c1-3-6-15(2)7-4-5-12-23-19-18(22)13-24-20(25-19)26-14-16-8-10-17(21)11-9-16/h3-11,13,20,23,25H,12,14H2,1-2H3/b5-4+,6-3-,15-7-. The molecule has 1 unspecified atom stereocenters. The summed E-state index contributed by atoms with van der Waals surface area (Å²) >= 11 is 0. The fourth-order valence-electron chi connectivity index (χ4n) is 2.17. The third kappa shape index (κ3) is 6.64. The lowest BCUT2D eigenvalue weighted by Crippen LogP contribution is -2.39. The van der Waals surface area contributed by atoms with Gasteiger partial charge in [-0.2, -0.15) is 0 Å². The smallest absolute Gasteiger partial charge is 0.227 e.